The Kier molecular flexibility index (Phi) is 6.53. The van der Waals surface area contributed by atoms with Crippen LogP contribution in [0.3, 0.4) is 0 Å². The van der Waals surface area contributed by atoms with Gasteiger partial charge in [0.05, 0.1) is 6.10 Å². The Morgan fingerprint density at radius 2 is 2.25 bits per heavy atom. The molecule has 0 amide bonds. The fourth-order valence-electron chi connectivity index (χ4n) is 2.78. The summed E-state index contributed by atoms with van der Waals surface area (Å²) >= 11 is 3.58. The topological polar surface area (TPSA) is 21.3 Å². The Morgan fingerprint density at radius 3 is 2.90 bits per heavy atom. The molecule has 0 saturated carbocycles. The molecule has 1 fully saturated rings. The molecule has 1 N–H and O–H groups in total. The Balaban J connectivity index is 1.95. The lowest BCUT2D eigenvalue weighted by atomic mass is 9.92. The molecule has 2 nitrogen and oxygen atoms in total. The molecule has 1 heterocycles. The molecule has 1 aromatic rings. The minimum atomic E-state index is 0.490. The molecule has 1 aliphatic rings. The van der Waals surface area contributed by atoms with Crippen LogP contribution in [0.25, 0.3) is 0 Å². The van der Waals surface area contributed by atoms with E-state index in [2.05, 4.69) is 59.4 Å². The average molecular weight is 340 g/mol. The zero-order valence-electron chi connectivity index (χ0n) is 12.6. The Morgan fingerprint density at radius 1 is 1.40 bits per heavy atom. The fraction of sp³-hybridized carbons (Fsp3) is 0.647. The molecular weight excluding hydrogens is 314 g/mol. The Bertz CT molecular complexity index is 402. The summed E-state index contributed by atoms with van der Waals surface area (Å²) in [4.78, 5) is 0. The van der Waals surface area contributed by atoms with Gasteiger partial charge in [0.25, 0.3) is 0 Å². The third-order valence-corrected chi connectivity index (χ3v) is 4.45. The summed E-state index contributed by atoms with van der Waals surface area (Å²) in [6, 6.07) is 9.26. The van der Waals surface area contributed by atoms with E-state index in [1.165, 1.54) is 35.7 Å². The van der Waals surface area contributed by atoms with Crippen LogP contribution in [0.1, 0.15) is 51.0 Å². The standard InChI is InChI=1S/C17H26BrNO/c1-13(2)19-12-15(8-9-17-7-4-10-20-17)14-5-3-6-16(18)11-14/h3,5-6,11,13,15,17,19H,4,7-10,12H2,1-2H3. The number of halogens is 1. The molecule has 2 atom stereocenters. The second-order valence-electron chi connectivity index (χ2n) is 6.03. The number of rotatable bonds is 7. The lowest BCUT2D eigenvalue weighted by molar-refractivity contribution is 0.100. The highest BCUT2D eigenvalue weighted by Crippen LogP contribution is 2.27. The van der Waals surface area contributed by atoms with Crippen molar-refractivity contribution >= 4 is 15.9 Å². The van der Waals surface area contributed by atoms with Gasteiger partial charge in [-0.15, -0.1) is 0 Å². The van der Waals surface area contributed by atoms with Crippen LogP contribution in [0.15, 0.2) is 28.7 Å². The first-order valence-electron chi connectivity index (χ1n) is 7.75. The molecule has 1 saturated heterocycles. The Labute approximate surface area is 131 Å². The number of hydrogen-bond donors (Lipinski definition) is 1. The van der Waals surface area contributed by atoms with E-state index in [0.717, 1.165) is 13.2 Å². The minimum Gasteiger partial charge on any atom is -0.378 e. The van der Waals surface area contributed by atoms with Gasteiger partial charge in [-0.05, 0) is 49.3 Å². The van der Waals surface area contributed by atoms with Gasteiger partial charge in [0, 0.05) is 23.7 Å². The lowest BCUT2D eigenvalue weighted by Gasteiger charge is -2.21. The Hall–Kier alpha value is -0.380. The fourth-order valence-corrected chi connectivity index (χ4v) is 3.20. The van der Waals surface area contributed by atoms with E-state index in [9.17, 15) is 0 Å². The van der Waals surface area contributed by atoms with E-state index in [4.69, 9.17) is 4.74 Å². The van der Waals surface area contributed by atoms with Gasteiger partial charge in [-0.25, -0.2) is 0 Å². The highest BCUT2D eigenvalue weighted by Gasteiger charge is 2.19. The lowest BCUT2D eigenvalue weighted by Crippen LogP contribution is -2.28. The van der Waals surface area contributed by atoms with E-state index in [0.29, 0.717) is 18.1 Å². The van der Waals surface area contributed by atoms with E-state index in [-0.39, 0.29) is 0 Å². The van der Waals surface area contributed by atoms with Crippen LogP contribution in [-0.2, 0) is 4.74 Å². The highest BCUT2D eigenvalue weighted by molar-refractivity contribution is 9.10. The van der Waals surface area contributed by atoms with Gasteiger partial charge < -0.3 is 10.1 Å². The van der Waals surface area contributed by atoms with Crippen molar-refractivity contribution < 1.29 is 4.74 Å². The molecule has 0 bridgehead atoms. The number of benzene rings is 1. The maximum Gasteiger partial charge on any atom is 0.0576 e. The van der Waals surface area contributed by atoms with Gasteiger partial charge in [-0.3, -0.25) is 0 Å². The van der Waals surface area contributed by atoms with Crippen LogP contribution in [-0.4, -0.2) is 25.3 Å². The quantitative estimate of drug-likeness (QED) is 0.790. The maximum atomic E-state index is 5.76. The molecule has 112 valence electrons. The first-order chi connectivity index (χ1) is 9.65. The molecule has 0 aromatic heterocycles. The second-order valence-corrected chi connectivity index (χ2v) is 6.94. The summed E-state index contributed by atoms with van der Waals surface area (Å²) in [5.74, 6) is 0.569. The SMILES string of the molecule is CC(C)NCC(CCC1CCCO1)c1cccc(Br)c1. The molecule has 0 aliphatic carbocycles. The number of nitrogens with one attached hydrogen (secondary N) is 1. The van der Waals surface area contributed by atoms with Crippen molar-refractivity contribution in [1.29, 1.82) is 0 Å². The van der Waals surface area contributed by atoms with Gasteiger partial charge in [0.2, 0.25) is 0 Å². The van der Waals surface area contributed by atoms with Crippen molar-refractivity contribution in [3.63, 3.8) is 0 Å². The van der Waals surface area contributed by atoms with Crippen LogP contribution in [0.5, 0.6) is 0 Å². The summed E-state index contributed by atoms with van der Waals surface area (Å²) in [5, 5.41) is 3.58. The summed E-state index contributed by atoms with van der Waals surface area (Å²) < 4.78 is 6.93. The average Bonchev–Trinajstić information content (AvgIpc) is 2.91. The van der Waals surface area contributed by atoms with Crippen LogP contribution in [0, 0.1) is 0 Å². The van der Waals surface area contributed by atoms with E-state index in [1.807, 2.05) is 0 Å². The first kappa shape index (κ1) is 16.0. The van der Waals surface area contributed by atoms with Gasteiger partial charge in [0.1, 0.15) is 0 Å². The van der Waals surface area contributed by atoms with Gasteiger partial charge in [-0.2, -0.15) is 0 Å². The normalized spacial score (nSPS) is 20.5. The molecular formula is C17H26BrNO. The van der Waals surface area contributed by atoms with Crippen LogP contribution < -0.4 is 5.32 Å². The molecule has 1 aromatic carbocycles. The van der Waals surface area contributed by atoms with Crippen molar-refractivity contribution in [2.45, 2.75) is 57.6 Å². The summed E-state index contributed by atoms with van der Waals surface area (Å²) in [5.41, 5.74) is 1.42. The number of ether oxygens (including phenoxy) is 1. The van der Waals surface area contributed by atoms with Gasteiger partial charge in [-0.1, -0.05) is 41.9 Å². The molecule has 20 heavy (non-hydrogen) atoms. The van der Waals surface area contributed by atoms with Crippen molar-refractivity contribution in [2.75, 3.05) is 13.2 Å². The first-order valence-corrected chi connectivity index (χ1v) is 8.55. The second kappa shape index (κ2) is 8.16. The molecule has 3 heteroatoms. The van der Waals surface area contributed by atoms with E-state index >= 15 is 0 Å². The van der Waals surface area contributed by atoms with Crippen LogP contribution >= 0.6 is 15.9 Å². The van der Waals surface area contributed by atoms with Gasteiger partial charge >= 0.3 is 0 Å². The monoisotopic (exact) mass is 339 g/mol. The summed E-state index contributed by atoms with van der Waals surface area (Å²) in [6.45, 7) is 6.41. The van der Waals surface area contributed by atoms with Crippen LogP contribution in [0.4, 0.5) is 0 Å². The predicted octanol–water partition coefficient (Wildman–Crippen LogP) is 4.49. The molecule has 0 spiro atoms. The van der Waals surface area contributed by atoms with Gasteiger partial charge in [0.15, 0.2) is 0 Å². The zero-order chi connectivity index (χ0) is 14.4. The molecule has 1 aliphatic heterocycles. The summed E-state index contributed by atoms with van der Waals surface area (Å²) in [6.07, 6.45) is 5.33. The molecule has 2 rings (SSSR count). The van der Waals surface area contributed by atoms with Crippen LogP contribution in [0.2, 0.25) is 0 Å². The number of hydrogen-bond acceptors (Lipinski definition) is 2. The van der Waals surface area contributed by atoms with Crippen molar-refractivity contribution in [1.82, 2.24) is 5.32 Å². The van der Waals surface area contributed by atoms with Crippen molar-refractivity contribution in [3.05, 3.63) is 34.3 Å². The largest absolute Gasteiger partial charge is 0.378 e. The molecule has 0 radical (unpaired) electrons. The van der Waals surface area contributed by atoms with Crippen molar-refractivity contribution in [3.8, 4) is 0 Å². The predicted molar refractivity (Wildman–Crippen MR) is 88.2 cm³/mol. The third-order valence-electron chi connectivity index (χ3n) is 3.95. The van der Waals surface area contributed by atoms with E-state index < -0.39 is 0 Å². The molecule has 2 unspecified atom stereocenters. The highest BCUT2D eigenvalue weighted by atomic mass is 79.9. The minimum absolute atomic E-state index is 0.490. The zero-order valence-corrected chi connectivity index (χ0v) is 14.2. The maximum absolute atomic E-state index is 5.76. The summed E-state index contributed by atoms with van der Waals surface area (Å²) in [7, 11) is 0. The smallest absolute Gasteiger partial charge is 0.0576 e. The van der Waals surface area contributed by atoms with E-state index in [1.54, 1.807) is 0 Å². The van der Waals surface area contributed by atoms with Crippen molar-refractivity contribution in [2.24, 2.45) is 0 Å². The third kappa shape index (κ3) is 5.19.